The second-order valence-corrected chi connectivity index (χ2v) is 8.38. The Balaban J connectivity index is 1.41. The maximum Gasteiger partial charge on any atom is 0.223 e. The van der Waals surface area contributed by atoms with Crippen LogP contribution in [0.4, 0.5) is 11.8 Å². The number of nitrogens with zero attached hydrogens (tertiary/aromatic N) is 6. The number of fused-ring (bicyclic) bond motifs is 1. The van der Waals surface area contributed by atoms with E-state index in [1.54, 1.807) is 6.20 Å². The molecule has 0 amide bonds. The van der Waals surface area contributed by atoms with Crippen molar-refractivity contribution in [2.45, 2.75) is 26.3 Å². The van der Waals surface area contributed by atoms with Crippen molar-refractivity contribution in [2.75, 3.05) is 23.3 Å². The molecule has 0 unspecified atom stereocenters. The molecule has 8 heteroatoms. The minimum absolute atomic E-state index is 0.548. The zero-order chi connectivity index (χ0) is 21.2. The maximum absolute atomic E-state index is 6.25. The van der Waals surface area contributed by atoms with E-state index < -0.39 is 0 Å². The molecule has 1 aromatic carbocycles. The van der Waals surface area contributed by atoms with Gasteiger partial charge in [0.05, 0.1) is 17.6 Å². The molecule has 3 aromatic heterocycles. The minimum atomic E-state index is 0.548. The van der Waals surface area contributed by atoms with Crippen molar-refractivity contribution in [2.24, 2.45) is 5.92 Å². The highest BCUT2D eigenvalue weighted by Gasteiger charge is 2.21. The molecule has 31 heavy (non-hydrogen) atoms. The number of benzene rings is 1. The first-order valence-electron chi connectivity index (χ1n) is 10.6. The number of imidazole rings is 1. The summed E-state index contributed by atoms with van der Waals surface area (Å²) in [5.41, 5.74) is 3.57. The normalized spacial score (nSPS) is 14.8. The Morgan fingerprint density at radius 1 is 1.06 bits per heavy atom. The van der Waals surface area contributed by atoms with Crippen molar-refractivity contribution in [3.05, 3.63) is 65.7 Å². The van der Waals surface area contributed by atoms with Crippen LogP contribution in [0.3, 0.4) is 0 Å². The molecule has 4 heterocycles. The van der Waals surface area contributed by atoms with Crippen LogP contribution >= 0.6 is 11.6 Å². The first-order valence-corrected chi connectivity index (χ1v) is 10.9. The summed E-state index contributed by atoms with van der Waals surface area (Å²) in [4.78, 5) is 20.7. The Labute approximate surface area is 186 Å². The van der Waals surface area contributed by atoms with Gasteiger partial charge in [-0.1, -0.05) is 36.7 Å². The molecule has 1 N–H and O–H groups in total. The number of aromatic nitrogens is 5. The molecule has 5 rings (SSSR count). The molecule has 0 saturated carbocycles. The monoisotopic (exact) mass is 433 g/mol. The second-order valence-electron chi connectivity index (χ2n) is 7.97. The largest absolute Gasteiger partial charge is 0.354 e. The van der Waals surface area contributed by atoms with E-state index in [9.17, 15) is 0 Å². The summed E-state index contributed by atoms with van der Waals surface area (Å²) in [6.45, 7) is 4.89. The Morgan fingerprint density at radius 3 is 2.74 bits per heavy atom. The predicted molar refractivity (Wildman–Crippen MR) is 123 cm³/mol. The van der Waals surface area contributed by atoms with Gasteiger partial charge in [0.2, 0.25) is 5.95 Å². The number of rotatable bonds is 5. The van der Waals surface area contributed by atoms with Gasteiger partial charge in [-0.2, -0.15) is 0 Å². The van der Waals surface area contributed by atoms with E-state index in [4.69, 9.17) is 16.6 Å². The molecular weight excluding hydrogens is 410 g/mol. The molecule has 0 atom stereocenters. The van der Waals surface area contributed by atoms with Crippen LogP contribution in [-0.4, -0.2) is 37.4 Å². The van der Waals surface area contributed by atoms with Gasteiger partial charge < -0.3 is 10.2 Å². The molecule has 1 aliphatic rings. The van der Waals surface area contributed by atoms with E-state index in [1.165, 1.54) is 12.8 Å². The smallest absolute Gasteiger partial charge is 0.223 e. The lowest BCUT2D eigenvalue weighted by Crippen LogP contribution is -2.33. The molecule has 1 saturated heterocycles. The van der Waals surface area contributed by atoms with Gasteiger partial charge in [-0.3, -0.25) is 4.40 Å². The molecule has 1 fully saturated rings. The third-order valence-electron chi connectivity index (χ3n) is 5.81. The Kier molecular flexibility index (Phi) is 5.42. The summed E-state index contributed by atoms with van der Waals surface area (Å²) >= 11 is 6.25. The number of anilines is 2. The average molecular weight is 434 g/mol. The fourth-order valence-corrected chi connectivity index (χ4v) is 4.14. The summed E-state index contributed by atoms with van der Waals surface area (Å²) in [5, 5.41) is 3.98. The maximum atomic E-state index is 6.25. The zero-order valence-electron chi connectivity index (χ0n) is 17.4. The van der Waals surface area contributed by atoms with Crippen molar-refractivity contribution in [1.29, 1.82) is 0 Å². The van der Waals surface area contributed by atoms with Crippen LogP contribution in [0, 0.1) is 5.92 Å². The van der Waals surface area contributed by atoms with E-state index >= 15 is 0 Å². The van der Waals surface area contributed by atoms with E-state index in [-0.39, 0.29) is 0 Å². The summed E-state index contributed by atoms with van der Waals surface area (Å²) in [5.74, 6) is 2.25. The predicted octanol–water partition coefficient (Wildman–Crippen LogP) is 4.69. The molecule has 0 radical (unpaired) electrons. The molecule has 0 aliphatic carbocycles. The number of nitrogens with one attached hydrogen (secondary N) is 1. The van der Waals surface area contributed by atoms with Crippen molar-refractivity contribution in [3.63, 3.8) is 0 Å². The van der Waals surface area contributed by atoms with Crippen LogP contribution in [0.5, 0.6) is 0 Å². The fourth-order valence-electron chi connectivity index (χ4n) is 3.94. The SMILES string of the molecule is CC1CCN(c2nccn3c(-c4ccnc(NCc5ccccc5Cl)n4)cnc23)CC1. The van der Waals surface area contributed by atoms with Crippen LogP contribution in [0.25, 0.3) is 17.0 Å². The Morgan fingerprint density at radius 2 is 1.90 bits per heavy atom. The van der Waals surface area contributed by atoms with Gasteiger partial charge in [0.15, 0.2) is 11.5 Å². The second kappa shape index (κ2) is 8.51. The molecule has 0 spiro atoms. The van der Waals surface area contributed by atoms with Crippen LogP contribution < -0.4 is 10.2 Å². The average Bonchev–Trinajstić information content (AvgIpc) is 3.24. The fraction of sp³-hybridized carbons (Fsp3) is 0.304. The van der Waals surface area contributed by atoms with E-state index in [1.807, 2.05) is 48.9 Å². The third-order valence-corrected chi connectivity index (χ3v) is 6.17. The highest BCUT2D eigenvalue weighted by atomic mass is 35.5. The summed E-state index contributed by atoms with van der Waals surface area (Å²) < 4.78 is 2.06. The minimum Gasteiger partial charge on any atom is -0.354 e. The van der Waals surface area contributed by atoms with E-state index in [0.717, 1.165) is 52.4 Å². The lowest BCUT2D eigenvalue weighted by molar-refractivity contribution is 0.437. The molecule has 158 valence electrons. The van der Waals surface area contributed by atoms with Gasteiger partial charge in [0, 0.05) is 43.2 Å². The van der Waals surface area contributed by atoms with E-state index in [2.05, 4.69) is 36.5 Å². The molecular formula is C23H24ClN7. The third kappa shape index (κ3) is 4.05. The van der Waals surface area contributed by atoms with Crippen molar-refractivity contribution in [3.8, 4) is 11.4 Å². The molecule has 0 bridgehead atoms. The van der Waals surface area contributed by atoms with E-state index in [0.29, 0.717) is 12.5 Å². The van der Waals surface area contributed by atoms with Gasteiger partial charge in [-0.15, -0.1) is 0 Å². The topological polar surface area (TPSA) is 71.2 Å². The van der Waals surface area contributed by atoms with Crippen molar-refractivity contribution >= 4 is 29.0 Å². The molecule has 1 aliphatic heterocycles. The number of hydrogen-bond acceptors (Lipinski definition) is 6. The highest BCUT2D eigenvalue weighted by Crippen LogP contribution is 2.27. The van der Waals surface area contributed by atoms with Gasteiger partial charge >= 0.3 is 0 Å². The zero-order valence-corrected chi connectivity index (χ0v) is 18.1. The summed E-state index contributed by atoms with van der Waals surface area (Å²) in [6.07, 6.45) is 9.75. The summed E-state index contributed by atoms with van der Waals surface area (Å²) in [6, 6.07) is 9.64. The van der Waals surface area contributed by atoms with Gasteiger partial charge in [0.1, 0.15) is 0 Å². The van der Waals surface area contributed by atoms with Gasteiger partial charge in [0.25, 0.3) is 0 Å². The first kappa shape index (κ1) is 19.8. The van der Waals surface area contributed by atoms with Crippen molar-refractivity contribution < 1.29 is 0 Å². The van der Waals surface area contributed by atoms with Crippen molar-refractivity contribution in [1.82, 2.24) is 24.3 Å². The van der Waals surface area contributed by atoms with Crippen LogP contribution in [0.1, 0.15) is 25.3 Å². The van der Waals surface area contributed by atoms with Gasteiger partial charge in [-0.25, -0.2) is 19.9 Å². The molecule has 4 aromatic rings. The highest BCUT2D eigenvalue weighted by molar-refractivity contribution is 6.31. The van der Waals surface area contributed by atoms with Crippen LogP contribution in [0.15, 0.2) is 55.1 Å². The first-order chi connectivity index (χ1) is 15.2. The van der Waals surface area contributed by atoms with Crippen LogP contribution in [0.2, 0.25) is 5.02 Å². The number of piperidine rings is 1. The summed E-state index contributed by atoms with van der Waals surface area (Å²) in [7, 11) is 0. The van der Waals surface area contributed by atoms with Crippen LogP contribution in [-0.2, 0) is 6.54 Å². The lowest BCUT2D eigenvalue weighted by Gasteiger charge is -2.31. The van der Waals surface area contributed by atoms with Gasteiger partial charge in [-0.05, 0) is 36.5 Å². The number of hydrogen-bond donors (Lipinski definition) is 1. The standard InChI is InChI=1S/C23H24ClN7/c1-16-7-11-30(12-8-16)21-22-27-15-20(31(22)13-10-25-21)19-6-9-26-23(29-19)28-14-17-4-2-3-5-18(17)24/h2-6,9-10,13,15-16H,7-8,11-12,14H2,1H3,(H,26,28,29). The Hall–Kier alpha value is -3.19. The number of halogens is 1. The quantitative estimate of drug-likeness (QED) is 0.492. The Bertz CT molecular complexity index is 1200. The molecule has 7 nitrogen and oxygen atoms in total. The lowest BCUT2D eigenvalue weighted by atomic mass is 9.99.